The minimum absolute atomic E-state index is 0.126. The molecule has 1 atom stereocenters. The molecule has 0 aliphatic carbocycles. The molecule has 2 N–H and O–H groups in total. The molecule has 4 heteroatoms. The molecule has 0 aromatic heterocycles. The molecule has 0 saturated carbocycles. The summed E-state index contributed by atoms with van der Waals surface area (Å²) in [6.45, 7) is 6.17. The van der Waals surface area contributed by atoms with Crippen LogP contribution in [0.3, 0.4) is 0 Å². The van der Waals surface area contributed by atoms with Gasteiger partial charge in [-0.1, -0.05) is 85.0 Å². The second-order valence-corrected chi connectivity index (χ2v) is 7.37. The van der Waals surface area contributed by atoms with Gasteiger partial charge in [0.1, 0.15) is 6.04 Å². The molecule has 1 amide bonds. The fourth-order valence-corrected chi connectivity index (χ4v) is 2.91. The van der Waals surface area contributed by atoms with E-state index in [1.807, 2.05) is 13.8 Å². The summed E-state index contributed by atoms with van der Waals surface area (Å²) < 4.78 is 0. The van der Waals surface area contributed by atoms with Gasteiger partial charge in [0.2, 0.25) is 5.91 Å². The van der Waals surface area contributed by atoms with Crippen molar-refractivity contribution < 1.29 is 14.7 Å². The SMILES string of the molecule is CCCCCCCCCCCCCC(=O)N[C@@H](CC(C)C)C(=O)O. The number of carboxylic acids is 1. The van der Waals surface area contributed by atoms with Gasteiger partial charge in [0, 0.05) is 6.42 Å². The predicted octanol–water partition coefficient (Wildman–Crippen LogP) is 5.30. The van der Waals surface area contributed by atoms with E-state index in [2.05, 4.69) is 12.2 Å². The third-order valence-corrected chi connectivity index (χ3v) is 4.35. The molecule has 0 unspecified atom stereocenters. The number of carbonyl (C=O) groups is 2. The Morgan fingerprint density at radius 2 is 1.29 bits per heavy atom. The highest BCUT2D eigenvalue weighted by molar-refractivity contribution is 5.83. The minimum atomic E-state index is -0.934. The number of hydrogen-bond acceptors (Lipinski definition) is 2. The average molecular weight is 342 g/mol. The minimum Gasteiger partial charge on any atom is -0.480 e. The molecule has 0 aliphatic heterocycles. The first kappa shape index (κ1) is 22.9. The van der Waals surface area contributed by atoms with Crippen LogP contribution in [-0.2, 0) is 9.59 Å². The molecule has 0 aromatic carbocycles. The summed E-state index contributed by atoms with van der Waals surface area (Å²) in [7, 11) is 0. The molecule has 24 heavy (non-hydrogen) atoms. The Kier molecular flexibility index (Phi) is 14.8. The fourth-order valence-electron chi connectivity index (χ4n) is 2.91. The Morgan fingerprint density at radius 3 is 1.71 bits per heavy atom. The number of hydrogen-bond donors (Lipinski definition) is 2. The van der Waals surface area contributed by atoms with Crippen molar-refractivity contribution in [3.05, 3.63) is 0 Å². The highest BCUT2D eigenvalue weighted by atomic mass is 16.4. The highest BCUT2D eigenvalue weighted by Crippen LogP contribution is 2.12. The van der Waals surface area contributed by atoms with Gasteiger partial charge in [0.05, 0.1) is 0 Å². The third kappa shape index (κ3) is 14.5. The van der Waals surface area contributed by atoms with E-state index < -0.39 is 12.0 Å². The average Bonchev–Trinajstić information content (AvgIpc) is 2.51. The molecule has 0 aliphatic rings. The first-order valence-corrected chi connectivity index (χ1v) is 9.99. The van der Waals surface area contributed by atoms with Crippen LogP contribution in [0.15, 0.2) is 0 Å². The van der Waals surface area contributed by atoms with Crippen molar-refractivity contribution in [3.63, 3.8) is 0 Å². The van der Waals surface area contributed by atoms with E-state index in [1.165, 1.54) is 57.8 Å². The van der Waals surface area contributed by atoms with E-state index in [0.717, 1.165) is 12.8 Å². The van der Waals surface area contributed by atoms with Crippen LogP contribution >= 0.6 is 0 Å². The van der Waals surface area contributed by atoms with Crippen LogP contribution in [0.4, 0.5) is 0 Å². The molecule has 0 saturated heterocycles. The molecule has 0 bridgehead atoms. The summed E-state index contributed by atoms with van der Waals surface area (Å²) in [5, 5.41) is 11.8. The maximum atomic E-state index is 11.8. The number of aliphatic carboxylic acids is 1. The number of amides is 1. The summed E-state index contributed by atoms with van der Waals surface area (Å²) in [5.41, 5.74) is 0. The predicted molar refractivity (Wildman–Crippen MR) is 100 cm³/mol. The van der Waals surface area contributed by atoms with Gasteiger partial charge in [-0.2, -0.15) is 0 Å². The van der Waals surface area contributed by atoms with Gasteiger partial charge in [-0.15, -0.1) is 0 Å². The molecule has 0 radical (unpaired) electrons. The van der Waals surface area contributed by atoms with Crippen molar-refractivity contribution in [1.29, 1.82) is 0 Å². The summed E-state index contributed by atoms with van der Waals surface area (Å²) in [6.07, 6.45) is 14.7. The van der Waals surface area contributed by atoms with Gasteiger partial charge in [-0.25, -0.2) is 4.79 Å². The number of rotatable bonds is 16. The zero-order valence-electron chi connectivity index (χ0n) is 16.1. The van der Waals surface area contributed by atoms with Gasteiger partial charge in [0.15, 0.2) is 0 Å². The summed E-state index contributed by atoms with van der Waals surface area (Å²) in [4.78, 5) is 22.9. The van der Waals surface area contributed by atoms with Crippen molar-refractivity contribution >= 4 is 11.9 Å². The lowest BCUT2D eigenvalue weighted by atomic mass is 10.0. The zero-order valence-corrected chi connectivity index (χ0v) is 16.1. The van der Waals surface area contributed by atoms with E-state index in [1.54, 1.807) is 0 Å². The van der Waals surface area contributed by atoms with Gasteiger partial charge in [-0.05, 0) is 18.8 Å². The number of carbonyl (C=O) groups excluding carboxylic acids is 1. The summed E-state index contributed by atoms with van der Waals surface area (Å²) >= 11 is 0. The van der Waals surface area contributed by atoms with E-state index in [-0.39, 0.29) is 11.8 Å². The monoisotopic (exact) mass is 341 g/mol. The highest BCUT2D eigenvalue weighted by Gasteiger charge is 2.20. The second kappa shape index (κ2) is 15.5. The summed E-state index contributed by atoms with van der Waals surface area (Å²) in [6, 6.07) is -0.745. The largest absolute Gasteiger partial charge is 0.480 e. The normalized spacial score (nSPS) is 12.3. The van der Waals surface area contributed by atoms with Crippen LogP contribution in [0, 0.1) is 5.92 Å². The molecule has 0 rings (SSSR count). The summed E-state index contributed by atoms with van der Waals surface area (Å²) in [5.74, 6) is -0.802. The molecule has 0 spiro atoms. The lowest BCUT2D eigenvalue weighted by Crippen LogP contribution is -2.41. The van der Waals surface area contributed by atoms with Gasteiger partial charge < -0.3 is 10.4 Å². The lowest BCUT2D eigenvalue weighted by Gasteiger charge is -2.16. The van der Waals surface area contributed by atoms with Crippen LogP contribution in [0.5, 0.6) is 0 Å². The maximum Gasteiger partial charge on any atom is 0.326 e. The Balaban J connectivity index is 3.53. The Labute approximate surface area is 148 Å². The smallest absolute Gasteiger partial charge is 0.326 e. The number of unbranched alkanes of at least 4 members (excludes halogenated alkanes) is 10. The molecule has 4 nitrogen and oxygen atoms in total. The lowest BCUT2D eigenvalue weighted by molar-refractivity contribution is -0.142. The van der Waals surface area contributed by atoms with Gasteiger partial charge >= 0.3 is 5.97 Å². The van der Waals surface area contributed by atoms with E-state index in [9.17, 15) is 9.59 Å². The maximum absolute atomic E-state index is 11.8. The number of nitrogens with one attached hydrogen (secondary N) is 1. The Bertz CT molecular complexity index is 329. The topological polar surface area (TPSA) is 66.4 Å². The van der Waals surface area contributed by atoms with Crippen molar-refractivity contribution in [1.82, 2.24) is 5.32 Å². The van der Waals surface area contributed by atoms with Gasteiger partial charge in [-0.3, -0.25) is 4.79 Å². The molecule has 0 aromatic rings. The van der Waals surface area contributed by atoms with Crippen LogP contribution in [0.1, 0.15) is 104 Å². The van der Waals surface area contributed by atoms with Crippen molar-refractivity contribution in [2.75, 3.05) is 0 Å². The fraction of sp³-hybridized carbons (Fsp3) is 0.900. The molecule has 0 fully saturated rings. The Hall–Kier alpha value is -1.06. The molecule has 0 heterocycles. The molecule has 142 valence electrons. The van der Waals surface area contributed by atoms with Crippen LogP contribution in [0.2, 0.25) is 0 Å². The Morgan fingerprint density at radius 1 is 0.833 bits per heavy atom. The van der Waals surface area contributed by atoms with E-state index in [4.69, 9.17) is 5.11 Å². The number of carboxylic acid groups (broad SMARTS) is 1. The van der Waals surface area contributed by atoms with Crippen molar-refractivity contribution in [3.8, 4) is 0 Å². The molecular formula is C20H39NO3. The standard InChI is InChI=1S/C20H39NO3/c1-4-5-6-7-8-9-10-11-12-13-14-15-19(22)21-18(20(23)24)16-17(2)3/h17-18H,4-16H2,1-3H3,(H,21,22)(H,23,24)/t18-/m0/s1. The van der Waals surface area contributed by atoms with E-state index in [0.29, 0.717) is 12.8 Å². The van der Waals surface area contributed by atoms with Gasteiger partial charge in [0.25, 0.3) is 0 Å². The second-order valence-electron chi connectivity index (χ2n) is 7.37. The van der Waals surface area contributed by atoms with Crippen LogP contribution in [-0.4, -0.2) is 23.0 Å². The van der Waals surface area contributed by atoms with Crippen molar-refractivity contribution in [2.24, 2.45) is 5.92 Å². The first-order chi connectivity index (χ1) is 11.5. The van der Waals surface area contributed by atoms with Crippen LogP contribution < -0.4 is 5.32 Å². The third-order valence-electron chi connectivity index (χ3n) is 4.35. The first-order valence-electron chi connectivity index (χ1n) is 9.99. The van der Waals surface area contributed by atoms with E-state index >= 15 is 0 Å². The quantitative estimate of drug-likeness (QED) is 0.374. The zero-order chi connectivity index (χ0) is 18.2. The van der Waals surface area contributed by atoms with Crippen LogP contribution in [0.25, 0.3) is 0 Å². The van der Waals surface area contributed by atoms with Crippen molar-refractivity contribution in [2.45, 2.75) is 110 Å². The molecular weight excluding hydrogens is 302 g/mol.